The molecule has 13 nitrogen and oxygen atoms in total. The molecule has 0 bridgehead atoms. The van der Waals surface area contributed by atoms with Gasteiger partial charge in [0.25, 0.3) is 5.09 Å². The van der Waals surface area contributed by atoms with Crippen molar-refractivity contribution in [2.75, 3.05) is 11.9 Å². The van der Waals surface area contributed by atoms with Gasteiger partial charge in [-0.2, -0.15) is 0 Å². The standard InChI is InChI=1S/C15H20N6O7/c22-8-3-1-2-7(8)19-13-10-14(17-5-16-13)20(6-18-10)15-12(24)11(23)9(28-15)4-27-21(25)26/h5-9,11-12,15,22-24H,1-4H2,(H,16,17,19)/t7-,8-,9-,11-,12-,15-/m1/s1. The smallest absolute Gasteiger partial charge is 0.294 e. The van der Waals surface area contributed by atoms with Gasteiger partial charge >= 0.3 is 0 Å². The lowest BCUT2D eigenvalue weighted by Crippen LogP contribution is -2.34. The van der Waals surface area contributed by atoms with Crippen LogP contribution in [0.25, 0.3) is 11.2 Å². The number of fused-ring (bicyclic) bond motifs is 1. The number of nitrogens with zero attached hydrogens (tertiary/aromatic N) is 5. The summed E-state index contributed by atoms with van der Waals surface area (Å²) in [5.74, 6) is 0.441. The Morgan fingerprint density at radius 1 is 1.29 bits per heavy atom. The number of hydrogen-bond acceptors (Lipinski definition) is 11. The van der Waals surface area contributed by atoms with Gasteiger partial charge in [-0.1, -0.05) is 0 Å². The van der Waals surface area contributed by atoms with Crippen LogP contribution in [0.4, 0.5) is 5.82 Å². The molecular formula is C15H20N6O7. The van der Waals surface area contributed by atoms with E-state index in [1.165, 1.54) is 17.2 Å². The van der Waals surface area contributed by atoms with Crippen molar-refractivity contribution in [3.8, 4) is 0 Å². The minimum absolute atomic E-state index is 0.137. The average Bonchev–Trinajstić information content (AvgIpc) is 3.34. The first kappa shape index (κ1) is 18.7. The Morgan fingerprint density at radius 3 is 2.82 bits per heavy atom. The van der Waals surface area contributed by atoms with Crippen molar-refractivity contribution in [2.24, 2.45) is 0 Å². The maximum Gasteiger partial charge on any atom is 0.294 e. The summed E-state index contributed by atoms with van der Waals surface area (Å²) in [7, 11) is 0. The van der Waals surface area contributed by atoms with Crippen molar-refractivity contribution in [1.29, 1.82) is 0 Å². The number of rotatable bonds is 6. The molecule has 13 heteroatoms. The van der Waals surface area contributed by atoms with Crippen LogP contribution in [0.5, 0.6) is 0 Å². The van der Waals surface area contributed by atoms with Crippen LogP contribution in [0, 0.1) is 10.1 Å². The average molecular weight is 396 g/mol. The Hall–Kier alpha value is -2.61. The van der Waals surface area contributed by atoms with Crippen LogP contribution in [-0.2, 0) is 9.57 Å². The number of ether oxygens (including phenoxy) is 1. The number of aliphatic hydroxyl groups excluding tert-OH is 3. The molecule has 2 aromatic heterocycles. The second kappa shape index (κ2) is 7.43. The van der Waals surface area contributed by atoms with Gasteiger partial charge in [0.15, 0.2) is 23.2 Å². The van der Waals surface area contributed by atoms with Gasteiger partial charge in [0.1, 0.15) is 31.2 Å². The van der Waals surface area contributed by atoms with E-state index in [1.54, 1.807) is 0 Å². The van der Waals surface area contributed by atoms with Crippen LogP contribution < -0.4 is 5.32 Å². The van der Waals surface area contributed by atoms with E-state index in [2.05, 4.69) is 25.1 Å². The van der Waals surface area contributed by atoms with Crippen molar-refractivity contribution < 1.29 is 30.0 Å². The summed E-state index contributed by atoms with van der Waals surface area (Å²) < 4.78 is 6.98. The molecule has 2 fully saturated rings. The lowest BCUT2D eigenvalue weighted by atomic mass is 10.1. The minimum atomic E-state index is -1.38. The summed E-state index contributed by atoms with van der Waals surface area (Å²) >= 11 is 0. The van der Waals surface area contributed by atoms with E-state index in [0.29, 0.717) is 23.4 Å². The molecule has 6 atom stereocenters. The van der Waals surface area contributed by atoms with Gasteiger partial charge in [0.05, 0.1) is 18.5 Å². The molecule has 0 unspecified atom stereocenters. The number of anilines is 1. The molecule has 0 radical (unpaired) electrons. The maximum absolute atomic E-state index is 10.4. The summed E-state index contributed by atoms with van der Waals surface area (Å²) in [6.07, 6.45) is -0.218. The van der Waals surface area contributed by atoms with Gasteiger partial charge in [0.2, 0.25) is 0 Å². The number of aromatic nitrogens is 4. The second-order valence-electron chi connectivity index (χ2n) is 6.86. The summed E-state index contributed by atoms with van der Waals surface area (Å²) in [6.45, 7) is -0.518. The summed E-state index contributed by atoms with van der Waals surface area (Å²) in [4.78, 5) is 27.2. The van der Waals surface area contributed by atoms with Gasteiger partial charge in [0, 0.05) is 0 Å². The third kappa shape index (κ3) is 3.32. The van der Waals surface area contributed by atoms with Gasteiger partial charge in [-0.25, -0.2) is 15.0 Å². The van der Waals surface area contributed by atoms with Crippen LogP contribution in [0.15, 0.2) is 12.7 Å². The molecule has 0 amide bonds. The minimum Gasteiger partial charge on any atom is -0.391 e. The third-order valence-corrected chi connectivity index (χ3v) is 5.12. The molecule has 28 heavy (non-hydrogen) atoms. The highest BCUT2D eigenvalue weighted by atomic mass is 17.0. The van der Waals surface area contributed by atoms with Crippen LogP contribution >= 0.6 is 0 Å². The molecule has 2 aromatic rings. The van der Waals surface area contributed by atoms with Crippen LogP contribution in [0.2, 0.25) is 0 Å². The quantitative estimate of drug-likeness (QED) is 0.347. The summed E-state index contributed by atoms with van der Waals surface area (Å²) in [5, 5.41) is 43.0. The SMILES string of the molecule is O=[N+]([O-])OC[C@H]1O[C@@H](n2cnc3c(N[C@@H]4CCC[C@H]4O)ncnc32)[C@H](O)[C@@H]1O. The van der Waals surface area contributed by atoms with E-state index in [-0.39, 0.29) is 6.04 Å². The van der Waals surface area contributed by atoms with Crippen molar-refractivity contribution in [3.63, 3.8) is 0 Å². The molecule has 4 N–H and O–H groups in total. The fourth-order valence-electron chi connectivity index (χ4n) is 3.66. The number of aliphatic hydroxyl groups is 3. The van der Waals surface area contributed by atoms with Crippen LogP contribution in [0.3, 0.4) is 0 Å². The summed E-state index contributed by atoms with van der Waals surface area (Å²) in [5.41, 5.74) is 0.758. The first-order chi connectivity index (χ1) is 13.5. The topological polar surface area (TPSA) is 178 Å². The molecule has 1 aliphatic heterocycles. The highest BCUT2D eigenvalue weighted by Gasteiger charge is 2.44. The van der Waals surface area contributed by atoms with E-state index in [0.717, 1.165) is 12.8 Å². The lowest BCUT2D eigenvalue weighted by molar-refractivity contribution is -0.759. The van der Waals surface area contributed by atoms with Crippen LogP contribution in [-0.4, -0.2) is 77.0 Å². The molecule has 0 spiro atoms. The Balaban J connectivity index is 1.58. The molecule has 1 saturated carbocycles. The van der Waals surface area contributed by atoms with Crippen molar-refractivity contribution in [3.05, 3.63) is 22.8 Å². The highest BCUT2D eigenvalue weighted by molar-refractivity contribution is 5.82. The fourth-order valence-corrected chi connectivity index (χ4v) is 3.66. The number of nitrogens with one attached hydrogen (secondary N) is 1. The van der Waals surface area contributed by atoms with Crippen LogP contribution in [0.1, 0.15) is 25.5 Å². The molecule has 1 aliphatic carbocycles. The number of hydrogen-bond donors (Lipinski definition) is 4. The zero-order valence-corrected chi connectivity index (χ0v) is 14.7. The zero-order valence-electron chi connectivity index (χ0n) is 14.7. The first-order valence-electron chi connectivity index (χ1n) is 8.86. The van der Waals surface area contributed by atoms with E-state index < -0.39 is 42.3 Å². The van der Waals surface area contributed by atoms with Crippen molar-refractivity contribution in [2.45, 2.75) is 55.9 Å². The van der Waals surface area contributed by atoms with E-state index >= 15 is 0 Å². The van der Waals surface area contributed by atoms with Gasteiger partial charge in [-0.05, 0) is 19.3 Å². The van der Waals surface area contributed by atoms with Gasteiger partial charge in [-0.15, -0.1) is 10.1 Å². The predicted molar refractivity (Wildman–Crippen MR) is 91.5 cm³/mol. The second-order valence-corrected chi connectivity index (χ2v) is 6.86. The van der Waals surface area contributed by atoms with Crippen molar-refractivity contribution >= 4 is 17.0 Å². The lowest BCUT2D eigenvalue weighted by Gasteiger charge is -2.18. The first-order valence-corrected chi connectivity index (χ1v) is 8.86. The van der Waals surface area contributed by atoms with Gasteiger partial charge < -0.3 is 30.2 Å². The Bertz CT molecular complexity index is 863. The van der Waals surface area contributed by atoms with Gasteiger partial charge in [-0.3, -0.25) is 4.57 Å². The fraction of sp³-hybridized carbons (Fsp3) is 0.667. The molecular weight excluding hydrogens is 376 g/mol. The third-order valence-electron chi connectivity index (χ3n) is 5.12. The van der Waals surface area contributed by atoms with Crippen molar-refractivity contribution in [1.82, 2.24) is 19.5 Å². The largest absolute Gasteiger partial charge is 0.391 e. The normalized spacial score (nSPS) is 32.7. The Morgan fingerprint density at radius 2 is 2.11 bits per heavy atom. The summed E-state index contributed by atoms with van der Waals surface area (Å²) in [6, 6.07) is -0.137. The van der Waals surface area contributed by atoms with E-state index in [1.807, 2.05) is 0 Å². The number of imidazole rings is 1. The van der Waals surface area contributed by atoms with E-state index in [4.69, 9.17) is 4.74 Å². The molecule has 4 rings (SSSR count). The Kier molecular flexibility index (Phi) is 4.97. The molecule has 152 valence electrons. The van der Waals surface area contributed by atoms with E-state index in [9.17, 15) is 25.4 Å². The monoisotopic (exact) mass is 396 g/mol. The Labute approximate surface area is 158 Å². The molecule has 0 aromatic carbocycles. The maximum atomic E-state index is 10.4. The zero-order chi connectivity index (χ0) is 19.8. The molecule has 3 heterocycles. The highest BCUT2D eigenvalue weighted by Crippen LogP contribution is 2.33. The molecule has 1 saturated heterocycles. The predicted octanol–water partition coefficient (Wildman–Crippen LogP) is -1.02. The molecule has 2 aliphatic rings.